The van der Waals surface area contributed by atoms with Crippen molar-refractivity contribution in [2.75, 3.05) is 20.3 Å². The highest BCUT2D eigenvalue weighted by Gasteiger charge is 2.23. The SMILES string of the molecule is CCCCNC(=O)C(C)NC(C)(C)COC. The van der Waals surface area contributed by atoms with Gasteiger partial charge < -0.3 is 10.1 Å². The third kappa shape index (κ3) is 6.80. The van der Waals surface area contributed by atoms with Gasteiger partial charge in [0.05, 0.1) is 12.6 Å². The van der Waals surface area contributed by atoms with Gasteiger partial charge in [0.15, 0.2) is 0 Å². The van der Waals surface area contributed by atoms with Gasteiger partial charge in [0, 0.05) is 19.2 Å². The highest BCUT2D eigenvalue weighted by Crippen LogP contribution is 2.03. The summed E-state index contributed by atoms with van der Waals surface area (Å²) in [6.07, 6.45) is 2.12. The zero-order chi connectivity index (χ0) is 12.6. The fraction of sp³-hybridized carbons (Fsp3) is 0.917. The quantitative estimate of drug-likeness (QED) is 0.618. The number of nitrogens with one attached hydrogen (secondary N) is 2. The van der Waals surface area contributed by atoms with Gasteiger partial charge in [0.25, 0.3) is 0 Å². The van der Waals surface area contributed by atoms with E-state index >= 15 is 0 Å². The van der Waals surface area contributed by atoms with Crippen LogP contribution in [-0.4, -0.2) is 37.7 Å². The molecule has 0 aromatic rings. The molecule has 0 saturated carbocycles. The molecule has 0 aromatic heterocycles. The first-order valence-corrected chi connectivity index (χ1v) is 5.97. The number of unbranched alkanes of at least 4 members (excludes halogenated alkanes) is 1. The van der Waals surface area contributed by atoms with Gasteiger partial charge in [-0.2, -0.15) is 0 Å². The van der Waals surface area contributed by atoms with E-state index in [1.54, 1.807) is 7.11 Å². The largest absolute Gasteiger partial charge is 0.383 e. The van der Waals surface area contributed by atoms with Crippen molar-refractivity contribution < 1.29 is 9.53 Å². The molecule has 0 saturated heterocycles. The summed E-state index contributed by atoms with van der Waals surface area (Å²) in [7, 11) is 1.66. The Hall–Kier alpha value is -0.610. The second-order valence-electron chi connectivity index (χ2n) is 4.83. The molecule has 1 atom stereocenters. The first-order chi connectivity index (χ1) is 7.43. The van der Waals surface area contributed by atoms with Gasteiger partial charge in [0.1, 0.15) is 0 Å². The second kappa shape index (κ2) is 7.63. The number of rotatable bonds is 8. The lowest BCUT2D eigenvalue weighted by atomic mass is 10.1. The minimum Gasteiger partial charge on any atom is -0.383 e. The normalized spacial score (nSPS) is 13.6. The maximum absolute atomic E-state index is 11.7. The second-order valence-corrected chi connectivity index (χ2v) is 4.83. The van der Waals surface area contributed by atoms with Crippen LogP contribution in [0.15, 0.2) is 0 Å². The predicted octanol–water partition coefficient (Wildman–Crippen LogP) is 1.31. The van der Waals surface area contributed by atoms with E-state index in [2.05, 4.69) is 17.6 Å². The predicted molar refractivity (Wildman–Crippen MR) is 66.5 cm³/mol. The van der Waals surface area contributed by atoms with Gasteiger partial charge in [-0.05, 0) is 27.2 Å². The topological polar surface area (TPSA) is 50.4 Å². The van der Waals surface area contributed by atoms with E-state index in [1.807, 2.05) is 20.8 Å². The number of hydrogen-bond acceptors (Lipinski definition) is 3. The highest BCUT2D eigenvalue weighted by molar-refractivity contribution is 5.81. The van der Waals surface area contributed by atoms with Crippen LogP contribution in [0.4, 0.5) is 0 Å². The zero-order valence-electron chi connectivity index (χ0n) is 11.2. The van der Waals surface area contributed by atoms with Crippen LogP contribution in [0, 0.1) is 0 Å². The Kier molecular flexibility index (Phi) is 7.34. The van der Waals surface area contributed by atoms with Crippen molar-refractivity contribution in [3.8, 4) is 0 Å². The summed E-state index contributed by atoms with van der Waals surface area (Å²) in [5.74, 6) is 0.0534. The maximum atomic E-state index is 11.7. The zero-order valence-corrected chi connectivity index (χ0v) is 11.2. The molecule has 2 N–H and O–H groups in total. The molecule has 0 fully saturated rings. The summed E-state index contributed by atoms with van der Waals surface area (Å²) in [5, 5.41) is 6.15. The number of methoxy groups -OCH3 is 1. The molecule has 0 rings (SSSR count). The van der Waals surface area contributed by atoms with Crippen LogP contribution in [-0.2, 0) is 9.53 Å². The molecule has 0 heterocycles. The van der Waals surface area contributed by atoms with Crippen LogP contribution < -0.4 is 10.6 Å². The van der Waals surface area contributed by atoms with Crippen LogP contribution in [0.25, 0.3) is 0 Å². The monoisotopic (exact) mass is 230 g/mol. The number of carbonyl (C=O) groups excluding carboxylic acids is 1. The minimum atomic E-state index is -0.193. The smallest absolute Gasteiger partial charge is 0.236 e. The van der Waals surface area contributed by atoms with E-state index < -0.39 is 0 Å². The first kappa shape index (κ1) is 15.4. The molecular weight excluding hydrogens is 204 g/mol. The third-order valence-electron chi connectivity index (χ3n) is 2.34. The number of carbonyl (C=O) groups is 1. The van der Waals surface area contributed by atoms with Crippen LogP contribution >= 0.6 is 0 Å². The fourth-order valence-corrected chi connectivity index (χ4v) is 1.60. The van der Waals surface area contributed by atoms with E-state index in [1.165, 1.54) is 0 Å². The molecule has 0 bridgehead atoms. The average Bonchev–Trinajstić information content (AvgIpc) is 2.16. The van der Waals surface area contributed by atoms with Gasteiger partial charge in [-0.3, -0.25) is 10.1 Å². The molecule has 0 aromatic carbocycles. The number of hydrogen-bond donors (Lipinski definition) is 2. The third-order valence-corrected chi connectivity index (χ3v) is 2.34. The summed E-state index contributed by atoms with van der Waals surface area (Å²) in [5.41, 5.74) is -0.184. The molecule has 1 amide bonds. The van der Waals surface area contributed by atoms with E-state index in [-0.39, 0.29) is 17.5 Å². The van der Waals surface area contributed by atoms with Gasteiger partial charge in [-0.1, -0.05) is 13.3 Å². The van der Waals surface area contributed by atoms with Crippen molar-refractivity contribution >= 4 is 5.91 Å². The standard InChI is InChI=1S/C12H26N2O2/c1-6-7-8-13-11(15)10(2)14-12(3,4)9-16-5/h10,14H,6-9H2,1-5H3,(H,13,15). The van der Waals surface area contributed by atoms with Crippen molar-refractivity contribution in [1.82, 2.24) is 10.6 Å². The lowest BCUT2D eigenvalue weighted by Crippen LogP contribution is -2.53. The van der Waals surface area contributed by atoms with Crippen molar-refractivity contribution in [2.45, 2.75) is 52.1 Å². The molecule has 16 heavy (non-hydrogen) atoms. The summed E-state index contributed by atoms with van der Waals surface area (Å²) < 4.78 is 5.09. The van der Waals surface area contributed by atoms with Crippen molar-refractivity contribution in [3.63, 3.8) is 0 Å². The van der Waals surface area contributed by atoms with E-state index in [0.29, 0.717) is 6.61 Å². The van der Waals surface area contributed by atoms with Crippen molar-refractivity contribution in [1.29, 1.82) is 0 Å². The number of ether oxygens (including phenoxy) is 1. The molecule has 4 heteroatoms. The Balaban J connectivity index is 3.94. The van der Waals surface area contributed by atoms with Gasteiger partial charge in [-0.15, -0.1) is 0 Å². The average molecular weight is 230 g/mol. The molecule has 0 spiro atoms. The summed E-state index contributed by atoms with van der Waals surface area (Å²) in [4.78, 5) is 11.7. The highest BCUT2D eigenvalue weighted by atomic mass is 16.5. The molecule has 0 aliphatic rings. The van der Waals surface area contributed by atoms with Gasteiger partial charge in [-0.25, -0.2) is 0 Å². The molecule has 0 aliphatic carbocycles. The fourth-order valence-electron chi connectivity index (χ4n) is 1.60. The Morgan fingerprint density at radius 3 is 2.56 bits per heavy atom. The van der Waals surface area contributed by atoms with Crippen LogP contribution in [0.3, 0.4) is 0 Å². The van der Waals surface area contributed by atoms with E-state index in [9.17, 15) is 4.79 Å². The van der Waals surface area contributed by atoms with Gasteiger partial charge in [0.2, 0.25) is 5.91 Å². The molecule has 0 aliphatic heterocycles. The van der Waals surface area contributed by atoms with E-state index in [4.69, 9.17) is 4.74 Å². The van der Waals surface area contributed by atoms with Crippen LogP contribution in [0.1, 0.15) is 40.5 Å². The molecule has 0 radical (unpaired) electrons. The maximum Gasteiger partial charge on any atom is 0.236 e. The lowest BCUT2D eigenvalue weighted by molar-refractivity contribution is -0.123. The van der Waals surface area contributed by atoms with Crippen molar-refractivity contribution in [3.05, 3.63) is 0 Å². The summed E-state index contributed by atoms with van der Waals surface area (Å²) in [6, 6.07) is -0.193. The van der Waals surface area contributed by atoms with Gasteiger partial charge >= 0.3 is 0 Å². The Morgan fingerprint density at radius 2 is 2.06 bits per heavy atom. The van der Waals surface area contributed by atoms with Crippen LogP contribution in [0.5, 0.6) is 0 Å². The molecular formula is C12H26N2O2. The Bertz CT molecular complexity index is 205. The number of amides is 1. The van der Waals surface area contributed by atoms with Crippen LogP contribution in [0.2, 0.25) is 0 Å². The first-order valence-electron chi connectivity index (χ1n) is 5.97. The molecule has 96 valence electrons. The molecule has 1 unspecified atom stereocenters. The lowest BCUT2D eigenvalue weighted by Gasteiger charge is -2.28. The summed E-state index contributed by atoms with van der Waals surface area (Å²) in [6.45, 7) is 9.36. The minimum absolute atomic E-state index is 0.0534. The molecule has 4 nitrogen and oxygen atoms in total. The Labute approximate surface area is 99.1 Å². The van der Waals surface area contributed by atoms with Crippen molar-refractivity contribution in [2.24, 2.45) is 0 Å². The summed E-state index contributed by atoms with van der Waals surface area (Å²) >= 11 is 0. The Morgan fingerprint density at radius 1 is 1.44 bits per heavy atom. The van der Waals surface area contributed by atoms with E-state index in [0.717, 1.165) is 19.4 Å².